The summed E-state index contributed by atoms with van der Waals surface area (Å²) in [5, 5.41) is 8.62. The second-order valence-corrected chi connectivity index (χ2v) is 6.59. The highest BCUT2D eigenvalue weighted by molar-refractivity contribution is 7.13. The molecule has 0 fully saturated rings. The van der Waals surface area contributed by atoms with Crippen LogP contribution in [0.5, 0.6) is 0 Å². The highest BCUT2D eigenvalue weighted by atomic mass is 35.5. The third-order valence-electron chi connectivity index (χ3n) is 3.70. The van der Waals surface area contributed by atoms with Crippen molar-refractivity contribution >= 4 is 39.9 Å². The highest BCUT2D eigenvalue weighted by Crippen LogP contribution is 2.35. The second-order valence-electron chi connectivity index (χ2n) is 5.29. The highest BCUT2D eigenvalue weighted by Gasteiger charge is 2.09. The minimum absolute atomic E-state index is 0.546. The van der Waals surface area contributed by atoms with Crippen LogP contribution in [0.3, 0.4) is 0 Å². The Hall–Kier alpha value is -1.84. The van der Waals surface area contributed by atoms with Gasteiger partial charge in [0, 0.05) is 16.3 Å². The molecule has 0 atom stereocenters. The van der Waals surface area contributed by atoms with Gasteiger partial charge in [0.05, 0.1) is 6.21 Å². The summed E-state index contributed by atoms with van der Waals surface area (Å²) < 4.78 is 0. The Balaban J connectivity index is 1.98. The van der Waals surface area contributed by atoms with Crippen molar-refractivity contribution in [3.8, 4) is 10.4 Å². The first-order chi connectivity index (χ1) is 11.3. The van der Waals surface area contributed by atoms with Crippen LogP contribution in [0, 0.1) is 6.92 Å². The first-order valence-corrected chi connectivity index (χ1v) is 9.00. The number of benzene rings is 2. The van der Waals surface area contributed by atoms with E-state index in [0.29, 0.717) is 12.5 Å². The molecule has 3 aromatic rings. The van der Waals surface area contributed by atoms with Crippen molar-refractivity contribution in [2.24, 2.45) is 5.16 Å². The van der Waals surface area contributed by atoms with E-state index in [2.05, 4.69) is 59.9 Å². The third kappa shape index (κ3) is 3.57. The summed E-state index contributed by atoms with van der Waals surface area (Å²) in [6.07, 6.45) is 2.58. The summed E-state index contributed by atoms with van der Waals surface area (Å²) in [4.78, 5) is 6.56. The molecule has 0 unspecified atom stereocenters. The van der Waals surface area contributed by atoms with E-state index in [1.165, 1.54) is 26.8 Å². The molecular weight excluding hydrogens is 326 g/mol. The van der Waals surface area contributed by atoms with Crippen LogP contribution in [0.4, 0.5) is 0 Å². The van der Waals surface area contributed by atoms with E-state index in [0.717, 1.165) is 12.0 Å². The van der Waals surface area contributed by atoms with Crippen LogP contribution in [0.2, 0.25) is 0 Å². The number of thiophene rings is 1. The van der Waals surface area contributed by atoms with Gasteiger partial charge in [-0.25, -0.2) is 0 Å². The van der Waals surface area contributed by atoms with Crippen LogP contribution >= 0.6 is 22.9 Å². The zero-order valence-corrected chi connectivity index (χ0v) is 14.5. The number of halogens is 1. The predicted molar refractivity (Wildman–Crippen MR) is 101 cm³/mol. The minimum Gasteiger partial charge on any atom is -0.396 e. The molecule has 23 heavy (non-hydrogen) atoms. The minimum atomic E-state index is 0.546. The molecule has 0 bridgehead atoms. The molecule has 2 aromatic carbocycles. The van der Waals surface area contributed by atoms with Crippen LogP contribution in [0.15, 0.2) is 53.0 Å². The fraction of sp³-hybridized carbons (Fsp3) is 0.211. The van der Waals surface area contributed by atoms with E-state index in [1.807, 2.05) is 0 Å². The van der Waals surface area contributed by atoms with Gasteiger partial charge in [-0.05, 0) is 46.7 Å². The van der Waals surface area contributed by atoms with Crippen molar-refractivity contribution in [3.63, 3.8) is 0 Å². The third-order valence-corrected chi connectivity index (χ3v) is 5.02. The van der Waals surface area contributed by atoms with Gasteiger partial charge in [0.25, 0.3) is 0 Å². The average Bonchev–Trinajstić information content (AvgIpc) is 3.00. The number of fused-ring (bicyclic) bond motifs is 1. The van der Waals surface area contributed by atoms with E-state index in [-0.39, 0.29) is 0 Å². The maximum absolute atomic E-state index is 5.62. The van der Waals surface area contributed by atoms with Crippen LogP contribution in [-0.4, -0.2) is 18.7 Å². The first kappa shape index (κ1) is 16.0. The second kappa shape index (κ2) is 7.62. The van der Waals surface area contributed by atoms with E-state index < -0.39 is 0 Å². The Bertz CT molecular complexity index is 825. The van der Waals surface area contributed by atoms with Crippen molar-refractivity contribution in [2.75, 3.05) is 12.5 Å². The summed E-state index contributed by atoms with van der Waals surface area (Å²) in [6.45, 7) is 2.70. The Morgan fingerprint density at radius 1 is 1.13 bits per heavy atom. The molecule has 0 aliphatic heterocycles. The molecule has 118 valence electrons. The maximum Gasteiger partial charge on any atom is 0.118 e. The number of hydrogen-bond donors (Lipinski definition) is 0. The van der Waals surface area contributed by atoms with Gasteiger partial charge in [0.2, 0.25) is 0 Å². The molecule has 0 aliphatic carbocycles. The molecular formula is C19H18ClNOS. The number of oxime groups is 1. The van der Waals surface area contributed by atoms with Gasteiger partial charge in [-0.3, -0.25) is 0 Å². The Kier molecular flexibility index (Phi) is 5.31. The zero-order valence-electron chi connectivity index (χ0n) is 13.0. The lowest BCUT2D eigenvalue weighted by molar-refractivity contribution is 0.147. The molecule has 0 aliphatic rings. The van der Waals surface area contributed by atoms with Crippen LogP contribution in [0.25, 0.3) is 21.2 Å². The van der Waals surface area contributed by atoms with Crippen molar-refractivity contribution < 1.29 is 4.84 Å². The molecule has 4 heteroatoms. The van der Waals surface area contributed by atoms with Crippen LogP contribution < -0.4 is 0 Å². The van der Waals surface area contributed by atoms with Crippen molar-refractivity contribution in [1.29, 1.82) is 0 Å². The maximum atomic E-state index is 5.62. The molecule has 1 aromatic heterocycles. The zero-order chi connectivity index (χ0) is 16.1. The molecule has 0 saturated carbocycles. The van der Waals surface area contributed by atoms with E-state index >= 15 is 0 Å². The smallest absolute Gasteiger partial charge is 0.118 e. The normalized spacial score (nSPS) is 11.4. The lowest BCUT2D eigenvalue weighted by Crippen LogP contribution is -1.91. The summed E-state index contributed by atoms with van der Waals surface area (Å²) in [6, 6.07) is 14.9. The monoisotopic (exact) mass is 343 g/mol. The quantitative estimate of drug-likeness (QED) is 0.238. The van der Waals surface area contributed by atoms with Gasteiger partial charge in [0.1, 0.15) is 6.61 Å². The molecule has 0 amide bonds. The topological polar surface area (TPSA) is 21.6 Å². The Labute approximate surface area is 145 Å². The van der Waals surface area contributed by atoms with Crippen molar-refractivity contribution in [3.05, 3.63) is 59.0 Å². The Morgan fingerprint density at radius 3 is 2.70 bits per heavy atom. The van der Waals surface area contributed by atoms with Crippen LogP contribution in [-0.2, 0) is 4.84 Å². The first-order valence-electron chi connectivity index (χ1n) is 7.59. The van der Waals surface area contributed by atoms with Crippen molar-refractivity contribution in [2.45, 2.75) is 13.3 Å². The molecule has 0 saturated heterocycles. The van der Waals surface area contributed by atoms with Gasteiger partial charge in [0.15, 0.2) is 0 Å². The van der Waals surface area contributed by atoms with E-state index in [1.54, 1.807) is 17.6 Å². The predicted octanol–water partition coefficient (Wildman–Crippen LogP) is 5.86. The molecule has 0 N–H and O–H groups in total. The van der Waals surface area contributed by atoms with Crippen LogP contribution in [0.1, 0.15) is 17.5 Å². The van der Waals surface area contributed by atoms with E-state index in [9.17, 15) is 0 Å². The average molecular weight is 344 g/mol. The number of aryl methyl sites for hydroxylation is 1. The summed E-state index contributed by atoms with van der Waals surface area (Å²) >= 11 is 7.40. The largest absolute Gasteiger partial charge is 0.396 e. The SMILES string of the molecule is Cc1ccsc1-c1ccc(C=NOCCCCl)c2ccccc12. The van der Waals surface area contributed by atoms with Gasteiger partial charge in [-0.2, -0.15) is 0 Å². The van der Waals surface area contributed by atoms with Crippen molar-refractivity contribution in [1.82, 2.24) is 0 Å². The van der Waals surface area contributed by atoms with Gasteiger partial charge < -0.3 is 4.84 Å². The summed E-state index contributed by atoms with van der Waals surface area (Å²) in [5.74, 6) is 0.591. The number of nitrogens with zero attached hydrogens (tertiary/aromatic N) is 1. The number of rotatable bonds is 6. The molecule has 0 radical (unpaired) electrons. The van der Waals surface area contributed by atoms with Gasteiger partial charge in [-0.1, -0.05) is 41.6 Å². The van der Waals surface area contributed by atoms with Gasteiger partial charge in [-0.15, -0.1) is 22.9 Å². The number of hydrogen-bond acceptors (Lipinski definition) is 3. The molecule has 0 spiro atoms. The summed E-state index contributed by atoms with van der Waals surface area (Å²) in [5.41, 5.74) is 3.64. The molecule has 3 rings (SSSR count). The fourth-order valence-electron chi connectivity index (χ4n) is 2.55. The number of alkyl halides is 1. The fourth-order valence-corrected chi connectivity index (χ4v) is 3.62. The molecule has 2 nitrogen and oxygen atoms in total. The lowest BCUT2D eigenvalue weighted by Gasteiger charge is -2.09. The standard InChI is InChI=1S/C19H18ClNOS/c1-14-9-12-23-19(14)18-8-7-15(13-21-22-11-4-10-20)16-5-2-3-6-17(16)18/h2-3,5-9,12-13H,4,10-11H2,1H3. The Morgan fingerprint density at radius 2 is 1.96 bits per heavy atom. The van der Waals surface area contributed by atoms with Gasteiger partial charge >= 0.3 is 0 Å². The molecule has 1 heterocycles. The summed E-state index contributed by atoms with van der Waals surface area (Å²) in [7, 11) is 0. The lowest BCUT2D eigenvalue weighted by atomic mass is 9.98. The van der Waals surface area contributed by atoms with E-state index in [4.69, 9.17) is 16.4 Å².